The molecular formula is C16H15N3O2. The van der Waals surface area contributed by atoms with E-state index in [1.807, 2.05) is 48.5 Å². The highest BCUT2D eigenvalue weighted by Gasteiger charge is 2.35. The van der Waals surface area contributed by atoms with Gasteiger partial charge in [0, 0.05) is 6.20 Å². The first-order valence-electron chi connectivity index (χ1n) is 6.78. The zero-order valence-corrected chi connectivity index (χ0v) is 11.4. The van der Waals surface area contributed by atoms with E-state index in [2.05, 4.69) is 10.3 Å². The van der Waals surface area contributed by atoms with Crippen molar-refractivity contribution in [2.45, 2.75) is 12.6 Å². The first-order valence-corrected chi connectivity index (χ1v) is 6.78. The zero-order chi connectivity index (χ0) is 14.7. The van der Waals surface area contributed by atoms with E-state index < -0.39 is 6.04 Å². The van der Waals surface area contributed by atoms with Crippen molar-refractivity contribution in [1.29, 1.82) is 0 Å². The van der Waals surface area contributed by atoms with E-state index in [0.717, 1.165) is 11.3 Å². The van der Waals surface area contributed by atoms with Crippen LogP contribution in [0.3, 0.4) is 0 Å². The minimum atomic E-state index is -0.602. The van der Waals surface area contributed by atoms with Crippen LogP contribution in [0.15, 0.2) is 54.7 Å². The Morgan fingerprint density at radius 3 is 2.57 bits per heavy atom. The number of hydrogen-bond acceptors (Lipinski definition) is 3. The largest absolute Gasteiger partial charge is 0.345 e. The first-order chi connectivity index (χ1) is 10.3. The van der Waals surface area contributed by atoms with Crippen LogP contribution in [-0.4, -0.2) is 28.2 Å². The van der Waals surface area contributed by atoms with Crippen molar-refractivity contribution in [3.05, 3.63) is 66.0 Å². The molecule has 1 unspecified atom stereocenters. The number of rotatable bonds is 3. The summed E-state index contributed by atoms with van der Waals surface area (Å²) in [5.74, 6) is -0.258. The molecule has 0 saturated carbocycles. The van der Waals surface area contributed by atoms with Crippen LogP contribution < -0.4 is 5.32 Å². The Bertz CT molecular complexity index is 643. The molecule has 106 valence electrons. The second-order valence-corrected chi connectivity index (χ2v) is 4.87. The average molecular weight is 281 g/mol. The standard InChI is InChI=1S/C16H15N3O2/c20-14-10-18-16(21)15(12-6-2-1-3-7-12)19(14)11-13-8-4-5-9-17-13/h1-9,15H,10-11H2,(H,18,21). The summed E-state index contributed by atoms with van der Waals surface area (Å²) >= 11 is 0. The molecule has 21 heavy (non-hydrogen) atoms. The van der Waals surface area contributed by atoms with Crippen LogP contribution in [0, 0.1) is 0 Å². The van der Waals surface area contributed by atoms with Crippen molar-refractivity contribution in [1.82, 2.24) is 15.2 Å². The topological polar surface area (TPSA) is 62.3 Å². The fourth-order valence-electron chi connectivity index (χ4n) is 2.46. The molecule has 0 spiro atoms. The molecule has 1 aromatic carbocycles. The van der Waals surface area contributed by atoms with Crippen LogP contribution in [-0.2, 0) is 16.1 Å². The highest BCUT2D eigenvalue weighted by molar-refractivity contribution is 5.95. The molecule has 0 aliphatic carbocycles. The van der Waals surface area contributed by atoms with Crippen molar-refractivity contribution in [3.63, 3.8) is 0 Å². The van der Waals surface area contributed by atoms with Gasteiger partial charge in [-0.25, -0.2) is 0 Å². The summed E-state index contributed by atoms with van der Waals surface area (Å²) < 4.78 is 0. The molecule has 1 N–H and O–H groups in total. The monoisotopic (exact) mass is 281 g/mol. The van der Waals surface area contributed by atoms with Crippen molar-refractivity contribution >= 4 is 11.8 Å². The third kappa shape index (κ3) is 2.76. The lowest BCUT2D eigenvalue weighted by Gasteiger charge is -2.35. The summed E-state index contributed by atoms with van der Waals surface area (Å²) in [5, 5.41) is 2.65. The number of carbonyl (C=O) groups is 2. The number of benzene rings is 1. The Labute approximate surface area is 122 Å². The molecule has 0 bridgehead atoms. The fourth-order valence-corrected chi connectivity index (χ4v) is 2.46. The van der Waals surface area contributed by atoms with Gasteiger partial charge in [0.25, 0.3) is 0 Å². The lowest BCUT2D eigenvalue weighted by atomic mass is 10.0. The minimum Gasteiger partial charge on any atom is -0.345 e. The van der Waals surface area contributed by atoms with E-state index >= 15 is 0 Å². The Morgan fingerprint density at radius 2 is 1.86 bits per heavy atom. The van der Waals surface area contributed by atoms with Gasteiger partial charge in [0.05, 0.1) is 18.8 Å². The molecule has 5 nitrogen and oxygen atoms in total. The number of aromatic nitrogens is 1. The Balaban J connectivity index is 1.93. The van der Waals surface area contributed by atoms with Crippen LogP contribution >= 0.6 is 0 Å². The molecule has 1 atom stereocenters. The minimum absolute atomic E-state index is 0.0367. The number of piperazine rings is 1. The molecule has 0 radical (unpaired) electrons. The molecule has 5 heteroatoms. The lowest BCUT2D eigenvalue weighted by Crippen LogP contribution is -2.53. The SMILES string of the molecule is O=C1NCC(=O)N(Cc2ccccn2)C1c1ccccc1. The molecule has 1 saturated heterocycles. The predicted molar refractivity (Wildman–Crippen MR) is 77.0 cm³/mol. The summed E-state index contributed by atoms with van der Waals surface area (Å²) in [5.41, 5.74) is 1.57. The smallest absolute Gasteiger partial charge is 0.247 e. The van der Waals surface area contributed by atoms with Crippen LogP contribution in [0.1, 0.15) is 17.3 Å². The van der Waals surface area contributed by atoms with Crippen LogP contribution in [0.25, 0.3) is 0 Å². The van der Waals surface area contributed by atoms with Gasteiger partial charge in [0.15, 0.2) is 0 Å². The van der Waals surface area contributed by atoms with E-state index in [-0.39, 0.29) is 18.4 Å². The summed E-state index contributed by atoms with van der Waals surface area (Å²) in [6.45, 7) is 0.363. The summed E-state index contributed by atoms with van der Waals surface area (Å²) in [6, 6.07) is 14.3. The maximum atomic E-state index is 12.2. The molecule has 3 rings (SSSR count). The highest BCUT2D eigenvalue weighted by atomic mass is 16.2. The van der Waals surface area contributed by atoms with Gasteiger partial charge in [-0.05, 0) is 17.7 Å². The molecule has 2 aromatic rings. The Hall–Kier alpha value is -2.69. The van der Waals surface area contributed by atoms with E-state index in [1.165, 1.54) is 0 Å². The van der Waals surface area contributed by atoms with Gasteiger partial charge < -0.3 is 10.2 Å². The number of carbonyl (C=O) groups excluding carboxylic acids is 2. The van der Waals surface area contributed by atoms with E-state index in [4.69, 9.17) is 0 Å². The fraction of sp³-hybridized carbons (Fsp3) is 0.188. The van der Waals surface area contributed by atoms with Gasteiger partial charge in [-0.1, -0.05) is 36.4 Å². The third-order valence-electron chi connectivity index (χ3n) is 3.47. The number of pyridine rings is 1. The summed E-state index contributed by atoms with van der Waals surface area (Å²) in [4.78, 5) is 30.2. The van der Waals surface area contributed by atoms with E-state index in [0.29, 0.717) is 6.54 Å². The Morgan fingerprint density at radius 1 is 1.10 bits per heavy atom. The molecule has 1 fully saturated rings. The van der Waals surface area contributed by atoms with Gasteiger partial charge in [-0.3, -0.25) is 14.6 Å². The highest BCUT2D eigenvalue weighted by Crippen LogP contribution is 2.25. The molecule has 1 aliphatic heterocycles. The maximum absolute atomic E-state index is 12.2. The quantitative estimate of drug-likeness (QED) is 0.922. The molecule has 2 amide bonds. The average Bonchev–Trinajstić information content (AvgIpc) is 2.53. The third-order valence-corrected chi connectivity index (χ3v) is 3.47. The van der Waals surface area contributed by atoms with Crippen molar-refractivity contribution in [3.8, 4) is 0 Å². The molecule has 1 aromatic heterocycles. The first kappa shape index (κ1) is 13.3. The molecule has 1 aliphatic rings. The lowest BCUT2D eigenvalue weighted by molar-refractivity contribution is -0.146. The summed E-state index contributed by atoms with van der Waals surface area (Å²) in [7, 11) is 0. The van der Waals surface area contributed by atoms with Crippen LogP contribution in [0.2, 0.25) is 0 Å². The van der Waals surface area contributed by atoms with Crippen molar-refractivity contribution in [2.24, 2.45) is 0 Å². The molecule has 2 heterocycles. The number of hydrogen-bond donors (Lipinski definition) is 1. The van der Waals surface area contributed by atoms with Gasteiger partial charge in [-0.15, -0.1) is 0 Å². The number of amides is 2. The van der Waals surface area contributed by atoms with E-state index in [9.17, 15) is 9.59 Å². The number of nitrogens with one attached hydrogen (secondary N) is 1. The van der Waals surface area contributed by atoms with E-state index in [1.54, 1.807) is 11.1 Å². The Kier molecular flexibility index (Phi) is 3.64. The zero-order valence-electron chi connectivity index (χ0n) is 11.4. The van der Waals surface area contributed by atoms with Crippen molar-refractivity contribution < 1.29 is 9.59 Å². The molecular weight excluding hydrogens is 266 g/mol. The van der Waals surface area contributed by atoms with Gasteiger partial charge in [0.1, 0.15) is 6.04 Å². The van der Waals surface area contributed by atoms with Gasteiger partial charge >= 0.3 is 0 Å². The number of nitrogens with zero attached hydrogens (tertiary/aromatic N) is 2. The van der Waals surface area contributed by atoms with Crippen LogP contribution in [0.4, 0.5) is 0 Å². The van der Waals surface area contributed by atoms with Gasteiger partial charge in [0.2, 0.25) is 11.8 Å². The predicted octanol–water partition coefficient (Wildman–Crippen LogP) is 1.28. The van der Waals surface area contributed by atoms with Crippen LogP contribution in [0.5, 0.6) is 0 Å². The second-order valence-electron chi connectivity index (χ2n) is 4.87. The summed E-state index contributed by atoms with van der Waals surface area (Å²) in [6.07, 6.45) is 1.68. The van der Waals surface area contributed by atoms with Crippen molar-refractivity contribution in [2.75, 3.05) is 6.54 Å². The van der Waals surface area contributed by atoms with Gasteiger partial charge in [-0.2, -0.15) is 0 Å². The second kappa shape index (κ2) is 5.75. The normalized spacial score (nSPS) is 18.5. The maximum Gasteiger partial charge on any atom is 0.247 e.